The summed E-state index contributed by atoms with van der Waals surface area (Å²) in [4.78, 5) is 12.1. The molecule has 0 radical (unpaired) electrons. The summed E-state index contributed by atoms with van der Waals surface area (Å²) in [5.41, 5.74) is 6.44. The maximum atomic E-state index is 12.1. The Morgan fingerprint density at radius 1 is 1.00 bits per heavy atom. The van der Waals surface area contributed by atoms with Crippen LogP contribution in [0.15, 0.2) is 76.3 Å². The highest BCUT2D eigenvalue weighted by Crippen LogP contribution is 2.23. The van der Waals surface area contributed by atoms with E-state index in [1.54, 1.807) is 6.21 Å². The van der Waals surface area contributed by atoms with E-state index in [9.17, 15) is 4.79 Å². The number of hydrogen-bond acceptors (Lipinski definition) is 4. The molecule has 0 fully saturated rings. The molecule has 0 saturated carbocycles. The van der Waals surface area contributed by atoms with Crippen molar-refractivity contribution in [2.75, 3.05) is 6.61 Å². The predicted molar refractivity (Wildman–Crippen MR) is 122 cm³/mol. The van der Waals surface area contributed by atoms with Gasteiger partial charge in [-0.1, -0.05) is 58.4 Å². The molecule has 154 valence electrons. The van der Waals surface area contributed by atoms with Crippen LogP contribution in [0.3, 0.4) is 0 Å². The van der Waals surface area contributed by atoms with Gasteiger partial charge in [0.1, 0.15) is 18.1 Å². The first kappa shape index (κ1) is 21.6. The first-order valence-corrected chi connectivity index (χ1v) is 10.3. The van der Waals surface area contributed by atoms with Gasteiger partial charge in [-0.15, -0.1) is 0 Å². The zero-order chi connectivity index (χ0) is 21.3. The molecule has 3 aromatic rings. The van der Waals surface area contributed by atoms with Crippen molar-refractivity contribution >= 4 is 28.1 Å². The normalized spacial score (nSPS) is 10.8. The quantitative estimate of drug-likeness (QED) is 0.367. The summed E-state index contributed by atoms with van der Waals surface area (Å²) in [6.45, 7) is 4.30. The highest BCUT2D eigenvalue weighted by Gasteiger charge is 2.07. The molecule has 0 aliphatic heterocycles. The van der Waals surface area contributed by atoms with Gasteiger partial charge in [0.25, 0.3) is 5.91 Å². The third kappa shape index (κ3) is 6.19. The van der Waals surface area contributed by atoms with Gasteiger partial charge in [0, 0.05) is 10.0 Å². The molecular weight excluding hydrogens is 444 g/mol. The van der Waals surface area contributed by atoms with Crippen LogP contribution in [0, 0.1) is 13.8 Å². The fraction of sp³-hybridized carbons (Fsp3) is 0.167. The maximum absolute atomic E-state index is 12.1. The SMILES string of the molecule is Cc1cccc(OCC(=O)NN=Cc2cc(Br)ccc2OCc2ccccc2)c1C. The molecule has 6 heteroatoms. The summed E-state index contributed by atoms with van der Waals surface area (Å²) in [7, 11) is 0. The number of carbonyl (C=O) groups is 1. The van der Waals surface area contributed by atoms with Gasteiger partial charge >= 0.3 is 0 Å². The van der Waals surface area contributed by atoms with E-state index in [0.29, 0.717) is 18.1 Å². The molecule has 0 atom stereocenters. The minimum atomic E-state index is -0.339. The van der Waals surface area contributed by atoms with E-state index in [4.69, 9.17) is 9.47 Å². The highest BCUT2D eigenvalue weighted by atomic mass is 79.9. The first-order valence-electron chi connectivity index (χ1n) is 9.50. The van der Waals surface area contributed by atoms with Crippen molar-refractivity contribution in [3.63, 3.8) is 0 Å². The van der Waals surface area contributed by atoms with Gasteiger partial charge in [-0.25, -0.2) is 5.43 Å². The summed E-state index contributed by atoms with van der Waals surface area (Å²) in [6, 6.07) is 21.3. The minimum Gasteiger partial charge on any atom is -0.488 e. The minimum absolute atomic E-state index is 0.114. The lowest BCUT2D eigenvalue weighted by Gasteiger charge is -2.10. The smallest absolute Gasteiger partial charge is 0.277 e. The highest BCUT2D eigenvalue weighted by molar-refractivity contribution is 9.10. The molecule has 30 heavy (non-hydrogen) atoms. The zero-order valence-corrected chi connectivity index (χ0v) is 18.5. The monoisotopic (exact) mass is 466 g/mol. The van der Waals surface area contributed by atoms with Crippen LogP contribution in [0.2, 0.25) is 0 Å². The molecule has 0 spiro atoms. The van der Waals surface area contributed by atoms with Crippen molar-refractivity contribution in [1.82, 2.24) is 5.43 Å². The predicted octanol–water partition coefficient (Wildman–Crippen LogP) is 5.17. The third-order valence-electron chi connectivity index (χ3n) is 4.52. The lowest BCUT2D eigenvalue weighted by atomic mass is 10.1. The molecule has 0 aliphatic rings. The van der Waals surface area contributed by atoms with Crippen LogP contribution in [-0.4, -0.2) is 18.7 Å². The third-order valence-corrected chi connectivity index (χ3v) is 5.01. The second-order valence-corrected chi connectivity index (χ2v) is 7.65. The number of hydrogen-bond donors (Lipinski definition) is 1. The fourth-order valence-electron chi connectivity index (χ4n) is 2.72. The Hall–Kier alpha value is -3.12. The number of nitrogens with zero attached hydrogens (tertiary/aromatic N) is 1. The van der Waals surface area contributed by atoms with Crippen molar-refractivity contribution in [3.05, 3.63) is 93.5 Å². The summed E-state index contributed by atoms with van der Waals surface area (Å²) in [5, 5.41) is 4.05. The average Bonchev–Trinajstić information content (AvgIpc) is 2.75. The Morgan fingerprint density at radius 2 is 1.80 bits per heavy atom. The number of aryl methyl sites for hydroxylation is 1. The number of benzene rings is 3. The molecular formula is C24H23BrN2O3. The van der Waals surface area contributed by atoms with Crippen molar-refractivity contribution in [2.45, 2.75) is 20.5 Å². The van der Waals surface area contributed by atoms with Gasteiger partial charge in [0.05, 0.1) is 6.21 Å². The molecule has 0 unspecified atom stereocenters. The molecule has 3 aromatic carbocycles. The molecule has 1 N–H and O–H groups in total. The lowest BCUT2D eigenvalue weighted by Crippen LogP contribution is -2.24. The fourth-order valence-corrected chi connectivity index (χ4v) is 3.10. The van der Waals surface area contributed by atoms with Crippen LogP contribution in [0.4, 0.5) is 0 Å². The van der Waals surface area contributed by atoms with Crippen LogP contribution in [0.25, 0.3) is 0 Å². The topological polar surface area (TPSA) is 59.9 Å². The van der Waals surface area contributed by atoms with E-state index in [-0.39, 0.29) is 12.5 Å². The summed E-state index contributed by atoms with van der Waals surface area (Å²) in [6.07, 6.45) is 1.56. The largest absolute Gasteiger partial charge is 0.488 e. The Kier molecular flexibility index (Phi) is 7.63. The number of hydrazone groups is 1. The standard InChI is InChI=1S/C24H23BrN2O3/c1-17-7-6-10-22(18(17)2)30-16-24(28)27-26-14-20-13-21(25)11-12-23(20)29-15-19-8-4-3-5-9-19/h3-14H,15-16H2,1-2H3,(H,27,28). The van der Waals surface area contributed by atoms with E-state index in [1.807, 2.05) is 80.6 Å². The zero-order valence-electron chi connectivity index (χ0n) is 16.9. The lowest BCUT2D eigenvalue weighted by molar-refractivity contribution is -0.123. The molecule has 3 rings (SSSR count). The number of halogens is 1. The molecule has 0 aliphatic carbocycles. The Labute approximate surface area is 184 Å². The van der Waals surface area contributed by atoms with Crippen LogP contribution in [-0.2, 0) is 11.4 Å². The van der Waals surface area contributed by atoms with E-state index in [0.717, 1.165) is 26.7 Å². The second-order valence-electron chi connectivity index (χ2n) is 6.74. The van der Waals surface area contributed by atoms with Gasteiger partial charge in [-0.05, 0) is 54.8 Å². The Balaban J connectivity index is 1.57. The van der Waals surface area contributed by atoms with Crippen molar-refractivity contribution < 1.29 is 14.3 Å². The molecule has 0 heterocycles. The van der Waals surface area contributed by atoms with Crippen LogP contribution < -0.4 is 14.9 Å². The number of carbonyl (C=O) groups excluding carboxylic acids is 1. The van der Waals surface area contributed by atoms with E-state index < -0.39 is 0 Å². The van der Waals surface area contributed by atoms with Crippen molar-refractivity contribution in [1.29, 1.82) is 0 Å². The van der Waals surface area contributed by atoms with Gasteiger partial charge in [-0.3, -0.25) is 4.79 Å². The average molecular weight is 467 g/mol. The van der Waals surface area contributed by atoms with Crippen LogP contribution in [0.1, 0.15) is 22.3 Å². The van der Waals surface area contributed by atoms with Crippen molar-refractivity contribution in [2.24, 2.45) is 5.10 Å². The van der Waals surface area contributed by atoms with Gasteiger partial charge in [0.15, 0.2) is 6.61 Å². The van der Waals surface area contributed by atoms with Gasteiger partial charge < -0.3 is 9.47 Å². The Morgan fingerprint density at radius 3 is 2.60 bits per heavy atom. The van der Waals surface area contributed by atoms with E-state index in [1.165, 1.54) is 0 Å². The molecule has 1 amide bonds. The molecule has 0 saturated heterocycles. The molecule has 0 aromatic heterocycles. The van der Waals surface area contributed by atoms with Gasteiger partial charge in [0.2, 0.25) is 0 Å². The van der Waals surface area contributed by atoms with Crippen molar-refractivity contribution in [3.8, 4) is 11.5 Å². The van der Waals surface area contributed by atoms with Crippen LogP contribution >= 0.6 is 15.9 Å². The summed E-state index contributed by atoms with van der Waals surface area (Å²) in [5.74, 6) is 1.03. The number of nitrogens with one attached hydrogen (secondary N) is 1. The summed E-state index contributed by atoms with van der Waals surface area (Å²) < 4.78 is 12.4. The second kappa shape index (κ2) is 10.6. The first-order chi connectivity index (χ1) is 14.5. The van der Waals surface area contributed by atoms with E-state index >= 15 is 0 Å². The maximum Gasteiger partial charge on any atom is 0.277 e. The number of amides is 1. The number of ether oxygens (including phenoxy) is 2. The summed E-state index contributed by atoms with van der Waals surface area (Å²) >= 11 is 3.45. The molecule has 0 bridgehead atoms. The van der Waals surface area contributed by atoms with E-state index in [2.05, 4.69) is 26.5 Å². The van der Waals surface area contributed by atoms with Gasteiger partial charge in [-0.2, -0.15) is 5.10 Å². The van der Waals surface area contributed by atoms with Crippen LogP contribution in [0.5, 0.6) is 11.5 Å². The Bertz CT molecular complexity index is 1040. The number of rotatable bonds is 8. The molecule has 5 nitrogen and oxygen atoms in total.